The van der Waals surface area contributed by atoms with Crippen molar-refractivity contribution < 1.29 is 17.9 Å². The summed E-state index contributed by atoms with van der Waals surface area (Å²) < 4.78 is 33.5. The number of rotatable bonds is 8. The molecule has 1 N–H and O–H groups in total. The van der Waals surface area contributed by atoms with E-state index in [-0.39, 0.29) is 10.0 Å². The van der Waals surface area contributed by atoms with Gasteiger partial charge in [-0.15, -0.1) is 0 Å². The Labute approximate surface area is 227 Å². The van der Waals surface area contributed by atoms with Crippen molar-refractivity contribution >= 4 is 50.3 Å². The Balaban J connectivity index is 1.58. The number of benzene rings is 3. The van der Waals surface area contributed by atoms with Crippen molar-refractivity contribution in [2.75, 3.05) is 18.0 Å². The molecule has 0 aliphatic heterocycles. The van der Waals surface area contributed by atoms with E-state index in [1.807, 2.05) is 32.9 Å². The van der Waals surface area contributed by atoms with Crippen molar-refractivity contribution in [3.8, 4) is 5.75 Å². The van der Waals surface area contributed by atoms with Gasteiger partial charge in [-0.1, -0.05) is 35.4 Å². The molecule has 0 atom stereocenters. The number of carbonyl (C=O) groups is 1. The third kappa shape index (κ3) is 6.12. The van der Waals surface area contributed by atoms with E-state index in [9.17, 15) is 13.2 Å². The molecule has 0 bridgehead atoms. The number of carbonyl (C=O) groups excluding carboxylic acids is 1. The number of ether oxygens (including phenoxy) is 1. The van der Waals surface area contributed by atoms with E-state index < -0.39 is 22.5 Å². The summed E-state index contributed by atoms with van der Waals surface area (Å²) in [4.78, 5) is 17.3. The molecular weight excluding hydrogens is 524 g/mol. The summed E-state index contributed by atoms with van der Waals surface area (Å²) in [6.45, 7) is 5.14. The Kier molecular flexibility index (Phi) is 7.99. The van der Waals surface area contributed by atoms with Gasteiger partial charge in [0, 0.05) is 17.0 Å². The first-order valence-electron chi connectivity index (χ1n) is 11.7. The van der Waals surface area contributed by atoms with Crippen LogP contribution in [0, 0.1) is 20.8 Å². The summed E-state index contributed by atoms with van der Waals surface area (Å²) in [5.41, 5.74) is 6.61. The SMILES string of the molecule is COc1ccc2cc(/C=N\NC(=O)CN(c3cc(C)cc(C)c3)S(=O)(=O)c3ccc(C)cc3)c(Cl)nc2c1. The molecule has 0 aliphatic carbocycles. The van der Waals surface area contributed by atoms with E-state index in [0.29, 0.717) is 22.5 Å². The number of aryl methyl sites for hydroxylation is 3. The maximum absolute atomic E-state index is 13.6. The number of halogens is 1. The van der Waals surface area contributed by atoms with Gasteiger partial charge in [-0.05, 0) is 74.4 Å². The highest BCUT2D eigenvalue weighted by atomic mass is 35.5. The first kappa shape index (κ1) is 27.1. The fourth-order valence-electron chi connectivity index (χ4n) is 3.94. The third-order valence-corrected chi connectivity index (χ3v) is 7.88. The van der Waals surface area contributed by atoms with Crippen molar-refractivity contribution in [1.29, 1.82) is 0 Å². The molecule has 0 spiro atoms. The predicted molar refractivity (Wildman–Crippen MR) is 151 cm³/mol. The van der Waals surface area contributed by atoms with Gasteiger partial charge in [0.05, 0.1) is 29.4 Å². The van der Waals surface area contributed by atoms with Crippen LogP contribution in [0.3, 0.4) is 0 Å². The average Bonchev–Trinajstić information content (AvgIpc) is 2.86. The smallest absolute Gasteiger partial charge is 0.264 e. The quantitative estimate of drug-likeness (QED) is 0.185. The van der Waals surface area contributed by atoms with Gasteiger partial charge in [-0.2, -0.15) is 5.10 Å². The van der Waals surface area contributed by atoms with Crippen molar-refractivity contribution in [3.05, 3.63) is 94.1 Å². The van der Waals surface area contributed by atoms with E-state index in [4.69, 9.17) is 16.3 Å². The van der Waals surface area contributed by atoms with Crippen molar-refractivity contribution in [2.45, 2.75) is 25.7 Å². The molecule has 0 saturated carbocycles. The molecule has 0 radical (unpaired) electrons. The van der Waals surface area contributed by atoms with Gasteiger partial charge >= 0.3 is 0 Å². The van der Waals surface area contributed by atoms with Crippen LogP contribution in [-0.2, 0) is 14.8 Å². The summed E-state index contributed by atoms with van der Waals surface area (Å²) in [6.07, 6.45) is 1.37. The predicted octanol–water partition coefficient (Wildman–Crippen LogP) is 5.17. The first-order chi connectivity index (χ1) is 18.1. The molecule has 4 rings (SSSR count). The maximum atomic E-state index is 13.6. The van der Waals surface area contributed by atoms with Crippen molar-refractivity contribution in [1.82, 2.24) is 10.4 Å². The second-order valence-corrected chi connectivity index (χ2v) is 11.1. The minimum absolute atomic E-state index is 0.0872. The molecular formula is C28H27ClN4O4S. The maximum Gasteiger partial charge on any atom is 0.264 e. The zero-order valence-corrected chi connectivity index (χ0v) is 23.0. The molecule has 0 aliphatic rings. The number of hydrogen-bond acceptors (Lipinski definition) is 6. The molecule has 4 aromatic rings. The molecule has 196 valence electrons. The third-order valence-electron chi connectivity index (χ3n) is 5.79. The van der Waals surface area contributed by atoms with Crippen LogP contribution >= 0.6 is 11.6 Å². The van der Waals surface area contributed by atoms with Gasteiger partial charge in [-0.25, -0.2) is 18.8 Å². The summed E-state index contributed by atoms with van der Waals surface area (Å²) in [5, 5.41) is 5.01. The number of hydrogen-bond donors (Lipinski definition) is 1. The molecule has 10 heteroatoms. The number of pyridine rings is 1. The number of sulfonamides is 1. The molecule has 38 heavy (non-hydrogen) atoms. The number of nitrogens with one attached hydrogen (secondary N) is 1. The number of nitrogens with zero attached hydrogens (tertiary/aromatic N) is 3. The van der Waals surface area contributed by atoms with Crippen LogP contribution in [0.25, 0.3) is 10.9 Å². The van der Waals surface area contributed by atoms with E-state index in [1.165, 1.54) is 18.3 Å². The number of hydrazone groups is 1. The molecule has 8 nitrogen and oxygen atoms in total. The van der Waals surface area contributed by atoms with Crippen molar-refractivity contribution in [2.24, 2.45) is 5.10 Å². The minimum atomic E-state index is -4.03. The van der Waals surface area contributed by atoms with Crippen molar-refractivity contribution in [3.63, 3.8) is 0 Å². The van der Waals surface area contributed by atoms with Crippen LogP contribution in [0.2, 0.25) is 5.15 Å². The Hall–Kier alpha value is -3.95. The Morgan fingerprint density at radius 2 is 1.68 bits per heavy atom. The van der Waals surface area contributed by atoms with Crippen LogP contribution in [0.15, 0.2) is 76.7 Å². The Morgan fingerprint density at radius 1 is 1.00 bits per heavy atom. The molecule has 1 aromatic heterocycles. The normalized spacial score (nSPS) is 11.6. The fourth-order valence-corrected chi connectivity index (χ4v) is 5.54. The molecule has 1 heterocycles. The first-order valence-corrected chi connectivity index (χ1v) is 13.5. The lowest BCUT2D eigenvalue weighted by Gasteiger charge is -2.24. The number of aromatic nitrogens is 1. The standard InChI is InChI=1S/C28H27ClN4O4S/c1-18-5-9-25(10-6-18)38(35,36)33(23-12-19(2)11-20(3)13-23)17-27(34)32-30-16-22-14-21-7-8-24(37-4)15-26(21)31-28(22)29/h5-16H,17H2,1-4H3,(H,32,34)/b30-16-. The molecule has 0 fully saturated rings. The monoisotopic (exact) mass is 550 g/mol. The van der Waals surface area contributed by atoms with Gasteiger partial charge in [0.15, 0.2) is 0 Å². The average molecular weight is 551 g/mol. The fraction of sp³-hybridized carbons (Fsp3) is 0.179. The highest BCUT2D eigenvalue weighted by Gasteiger charge is 2.27. The lowest BCUT2D eigenvalue weighted by atomic mass is 10.1. The number of amides is 1. The summed E-state index contributed by atoms with van der Waals surface area (Å²) in [6, 6.07) is 19.1. The number of methoxy groups -OCH3 is 1. The highest BCUT2D eigenvalue weighted by Crippen LogP contribution is 2.26. The Morgan fingerprint density at radius 3 is 2.34 bits per heavy atom. The summed E-state index contributed by atoms with van der Waals surface area (Å²) in [7, 11) is -2.47. The van der Waals surface area contributed by atoms with Crippen LogP contribution in [0.5, 0.6) is 5.75 Å². The van der Waals surface area contributed by atoms with E-state index in [2.05, 4.69) is 15.5 Å². The second-order valence-electron chi connectivity index (χ2n) is 8.89. The van der Waals surface area contributed by atoms with E-state index >= 15 is 0 Å². The van der Waals surface area contributed by atoms with Gasteiger partial charge < -0.3 is 4.74 Å². The van der Waals surface area contributed by atoms with Gasteiger partial charge in [0.25, 0.3) is 15.9 Å². The topological polar surface area (TPSA) is 101 Å². The molecule has 0 saturated heterocycles. The van der Waals surface area contributed by atoms with Gasteiger partial charge in [0.1, 0.15) is 17.4 Å². The van der Waals surface area contributed by atoms with E-state index in [1.54, 1.807) is 49.6 Å². The van der Waals surface area contributed by atoms with E-state index in [0.717, 1.165) is 26.4 Å². The zero-order chi connectivity index (χ0) is 27.4. The second kappa shape index (κ2) is 11.2. The van der Waals surface area contributed by atoms with Gasteiger partial charge in [-0.3, -0.25) is 9.10 Å². The lowest BCUT2D eigenvalue weighted by Crippen LogP contribution is -2.39. The van der Waals surface area contributed by atoms with Crippen LogP contribution in [0.4, 0.5) is 5.69 Å². The largest absolute Gasteiger partial charge is 0.497 e. The summed E-state index contributed by atoms with van der Waals surface area (Å²) in [5.74, 6) is 0.0365. The van der Waals surface area contributed by atoms with Gasteiger partial charge in [0.2, 0.25) is 0 Å². The molecule has 1 amide bonds. The number of anilines is 1. The summed E-state index contributed by atoms with van der Waals surface area (Å²) >= 11 is 6.30. The van der Waals surface area contributed by atoms with Crippen LogP contribution < -0.4 is 14.5 Å². The molecule has 3 aromatic carbocycles. The molecule has 0 unspecified atom stereocenters. The lowest BCUT2D eigenvalue weighted by molar-refractivity contribution is -0.119. The van der Waals surface area contributed by atoms with Crippen LogP contribution in [-0.4, -0.2) is 39.2 Å². The Bertz CT molecular complexity index is 1620. The van der Waals surface area contributed by atoms with Crippen LogP contribution in [0.1, 0.15) is 22.3 Å². The number of fused-ring (bicyclic) bond motifs is 1. The zero-order valence-electron chi connectivity index (χ0n) is 21.4. The minimum Gasteiger partial charge on any atom is -0.497 e. The highest BCUT2D eigenvalue weighted by molar-refractivity contribution is 7.92.